The van der Waals surface area contributed by atoms with Gasteiger partial charge in [-0.2, -0.15) is 0 Å². The van der Waals surface area contributed by atoms with Crippen LogP contribution in [0.2, 0.25) is 0 Å². The molecule has 0 radical (unpaired) electrons. The van der Waals surface area contributed by atoms with Gasteiger partial charge >= 0.3 is 0 Å². The Morgan fingerprint density at radius 2 is 2.12 bits per heavy atom. The molecule has 0 aliphatic carbocycles. The topological polar surface area (TPSA) is 25.2 Å². The van der Waals surface area contributed by atoms with Crippen molar-refractivity contribution in [2.75, 3.05) is 13.6 Å². The van der Waals surface area contributed by atoms with Crippen LogP contribution in [0, 0.1) is 5.92 Å². The first-order valence-electron chi connectivity index (χ1n) is 6.04. The van der Waals surface area contributed by atoms with Gasteiger partial charge in [-0.15, -0.1) is 0 Å². The Balaban J connectivity index is 2.35. The first-order chi connectivity index (χ1) is 8.20. The molecule has 0 atom stereocenters. The SMILES string of the molecule is CNCC(=Cc1cc2ccccc2o1)C(C)C. The zero-order chi connectivity index (χ0) is 12.3. The van der Waals surface area contributed by atoms with Crippen molar-refractivity contribution in [2.45, 2.75) is 13.8 Å². The summed E-state index contributed by atoms with van der Waals surface area (Å²) in [6.07, 6.45) is 2.14. The second-order valence-corrected chi connectivity index (χ2v) is 4.59. The predicted molar refractivity (Wildman–Crippen MR) is 73.0 cm³/mol. The fourth-order valence-corrected chi connectivity index (χ4v) is 1.88. The molecule has 2 aromatic rings. The fourth-order valence-electron chi connectivity index (χ4n) is 1.88. The number of hydrogen-bond acceptors (Lipinski definition) is 2. The summed E-state index contributed by atoms with van der Waals surface area (Å²) < 4.78 is 5.79. The molecule has 90 valence electrons. The highest BCUT2D eigenvalue weighted by atomic mass is 16.3. The predicted octanol–water partition coefficient (Wildman–Crippen LogP) is 3.69. The monoisotopic (exact) mass is 229 g/mol. The van der Waals surface area contributed by atoms with Gasteiger partial charge in [-0.05, 0) is 31.2 Å². The zero-order valence-electron chi connectivity index (χ0n) is 10.7. The molecule has 1 heterocycles. The summed E-state index contributed by atoms with van der Waals surface area (Å²) in [5.41, 5.74) is 2.30. The van der Waals surface area contributed by atoms with Gasteiger partial charge < -0.3 is 9.73 Å². The van der Waals surface area contributed by atoms with Gasteiger partial charge in [-0.3, -0.25) is 0 Å². The van der Waals surface area contributed by atoms with Crippen molar-refractivity contribution in [1.82, 2.24) is 5.32 Å². The van der Waals surface area contributed by atoms with Gasteiger partial charge in [0, 0.05) is 11.9 Å². The summed E-state index contributed by atoms with van der Waals surface area (Å²) >= 11 is 0. The summed E-state index contributed by atoms with van der Waals surface area (Å²) in [6, 6.07) is 10.2. The van der Waals surface area contributed by atoms with Crippen molar-refractivity contribution in [2.24, 2.45) is 5.92 Å². The quantitative estimate of drug-likeness (QED) is 0.865. The number of hydrogen-bond donors (Lipinski definition) is 1. The van der Waals surface area contributed by atoms with Crippen molar-refractivity contribution in [3.8, 4) is 0 Å². The lowest BCUT2D eigenvalue weighted by Crippen LogP contribution is -2.13. The Bertz CT molecular complexity index is 489. The molecule has 17 heavy (non-hydrogen) atoms. The van der Waals surface area contributed by atoms with E-state index in [0.29, 0.717) is 5.92 Å². The van der Waals surface area contributed by atoms with Crippen LogP contribution in [0.4, 0.5) is 0 Å². The highest BCUT2D eigenvalue weighted by molar-refractivity contribution is 5.79. The first-order valence-corrected chi connectivity index (χ1v) is 6.04. The molecule has 0 unspecified atom stereocenters. The number of likely N-dealkylation sites (N-methyl/N-ethyl adjacent to an activating group) is 1. The Kier molecular flexibility index (Phi) is 3.64. The van der Waals surface area contributed by atoms with Crippen LogP contribution in [-0.2, 0) is 0 Å². The van der Waals surface area contributed by atoms with Gasteiger partial charge in [0.15, 0.2) is 0 Å². The second kappa shape index (κ2) is 5.19. The van der Waals surface area contributed by atoms with E-state index in [0.717, 1.165) is 23.3 Å². The summed E-state index contributed by atoms with van der Waals surface area (Å²) in [5, 5.41) is 4.35. The molecule has 1 N–H and O–H groups in total. The Labute approximate surface area is 102 Å². The molecule has 1 aromatic heterocycles. The van der Waals surface area contributed by atoms with Crippen LogP contribution >= 0.6 is 0 Å². The molecule has 0 amide bonds. The Hall–Kier alpha value is -1.54. The van der Waals surface area contributed by atoms with Gasteiger partial charge in [0.05, 0.1) is 0 Å². The van der Waals surface area contributed by atoms with Crippen molar-refractivity contribution in [3.05, 3.63) is 41.7 Å². The number of furan rings is 1. The minimum absolute atomic E-state index is 0.524. The first kappa shape index (κ1) is 11.9. The standard InChI is InChI=1S/C15H19NO/c1-11(2)13(10-16-3)9-14-8-12-6-4-5-7-15(12)17-14/h4-9,11,16H,10H2,1-3H3. The van der Waals surface area contributed by atoms with E-state index in [1.165, 1.54) is 5.57 Å². The summed E-state index contributed by atoms with van der Waals surface area (Å²) in [4.78, 5) is 0. The molecule has 0 aliphatic heterocycles. The van der Waals surface area contributed by atoms with Crippen molar-refractivity contribution < 1.29 is 4.42 Å². The van der Waals surface area contributed by atoms with Gasteiger partial charge in [0.2, 0.25) is 0 Å². The Morgan fingerprint density at radius 3 is 2.76 bits per heavy atom. The van der Waals surface area contributed by atoms with E-state index in [1.807, 2.05) is 25.2 Å². The van der Waals surface area contributed by atoms with E-state index in [1.54, 1.807) is 0 Å². The van der Waals surface area contributed by atoms with Crippen LogP contribution in [-0.4, -0.2) is 13.6 Å². The maximum Gasteiger partial charge on any atom is 0.134 e. The average molecular weight is 229 g/mol. The molecule has 2 heteroatoms. The summed E-state index contributed by atoms with van der Waals surface area (Å²) in [5.74, 6) is 1.46. The third kappa shape index (κ3) is 2.77. The van der Waals surface area contributed by atoms with E-state index >= 15 is 0 Å². The van der Waals surface area contributed by atoms with E-state index in [9.17, 15) is 0 Å². The maximum atomic E-state index is 5.79. The third-order valence-electron chi connectivity index (χ3n) is 2.89. The van der Waals surface area contributed by atoms with Crippen LogP contribution in [0.1, 0.15) is 19.6 Å². The zero-order valence-corrected chi connectivity index (χ0v) is 10.7. The fraction of sp³-hybridized carbons (Fsp3) is 0.333. The number of benzene rings is 1. The second-order valence-electron chi connectivity index (χ2n) is 4.59. The molecular formula is C15H19NO. The summed E-state index contributed by atoms with van der Waals surface area (Å²) in [7, 11) is 1.97. The van der Waals surface area contributed by atoms with Crippen LogP contribution in [0.15, 0.2) is 40.3 Å². The molecule has 0 spiro atoms. The van der Waals surface area contributed by atoms with Crippen LogP contribution in [0.25, 0.3) is 17.0 Å². The minimum atomic E-state index is 0.524. The molecule has 1 aromatic carbocycles. The van der Waals surface area contributed by atoms with Crippen molar-refractivity contribution in [3.63, 3.8) is 0 Å². The lowest BCUT2D eigenvalue weighted by Gasteiger charge is -2.09. The molecule has 2 rings (SSSR count). The van der Waals surface area contributed by atoms with Crippen molar-refractivity contribution >= 4 is 17.0 Å². The molecule has 0 bridgehead atoms. The van der Waals surface area contributed by atoms with Crippen LogP contribution < -0.4 is 5.32 Å². The van der Waals surface area contributed by atoms with Gasteiger partial charge in [-0.1, -0.05) is 37.6 Å². The maximum absolute atomic E-state index is 5.79. The molecule has 0 aliphatic rings. The highest BCUT2D eigenvalue weighted by Crippen LogP contribution is 2.22. The lowest BCUT2D eigenvalue weighted by molar-refractivity contribution is 0.600. The smallest absolute Gasteiger partial charge is 0.134 e. The van der Waals surface area contributed by atoms with Gasteiger partial charge in [0.25, 0.3) is 0 Å². The van der Waals surface area contributed by atoms with E-state index in [-0.39, 0.29) is 0 Å². The largest absolute Gasteiger partial charge is 0.457 e. The van der Waals surface area contributed by atoms with Crippen LogP contribution in [0.3, 0.4) is 0 Å². The minimum Gasteiger partial charge on any atom is -0.457 e. The molecule has 0 fully saturated rings. The number of nitrogens with one attached hydrogen (secondary N) is 1. The number of para-hydroxylation sites is 1. The van der Waals surface area contributed by atoms with E-state index < -0.39 is 0 Å². The van der Waals surface area contributed by atoms with E-state index in [2.05, 4.69) is 37.4 Å². The number of fused-ring (bicyclic) bond motifs is 1. The molecule has 2 nitrogen and oxygen atoms in total. The Morgan fingerprint density at radius 1 is 1.35 bits per heavy atom. The molecule has 0 saturated carbocycles. The summed E-state index contributed by atoms with van der Waals surface area (Å²) in [6.45, 7) is 5.30. The molecule has 0 saturated heterocycles. The molecular weight excluding hydrogens is 210 g/mol. The van der Waals surface area contributed by atoms with E-state index in [4.69, 9.17) is 4.42 Å². The normalized spacial score (nSPS) is 12.6. The third-order valence-corrected chi connectivity index (χ3v) is 2.89. The van der Waals surface area contributed by atoms with Crippen molar-refractivity contribution in [1.29, 1.82) is 0 Å². The average Bonchev–Trinajstić information content (AvgIpc) is 2.70. The lowest BCUT2D eigenvalue weighted by atomic mass is 10.0. The number of rotatable bonds is 4. The highest BCUT2D eigenvalue weighted by Gasteiger charge is 2.05. The van der Waals surface area contributed by atoms with Gasteiger partial charge in [-0.25, -0.2) is 0 Å². The van der Waals surface area contributed by atoms with Gasteiger partial charge in [0.1, 0.15) is 11.3 Å². The van der Waals surface area contributed by atoms with Crippen LogP contribution in [0.5, 0.6) is 0 Å².